The van der Waals surface area contributed by atoms with Gasteiger partial charge in [-0.1, -0.05) is 20.8 Å². The van der Waals surface area contributed by atoms with Crippen molar-refractivity contribution in [1.29, 1.82) is 0 Å². The van der Waals surface area contributed by atoms with E-state index in [1.165, 1.54) is 4.31 Å². The molecule has 0 amide bonds. The highest BCUT2D eigenvalue weighted by molar-refractivity contribution is 7.87. The van der Waals surface area contributed by atoms with Crippen molar-refractivity contribution in [2.75, 3.05) is 50.8 Å². The fourth-order valence-corrected chi connectivity index (χ4v) is 4.14. The fourth-order valence-electron chi connectivity index (χ4n) is 2.88. The van der Waals surface area contributed by atoms with E-state index in [-0.39, 0.29) is 5.41 Å². The van der Waals surface area contributed by atoms with Crippen LogP contribution in [-0.4, -0.2) is 68.9 Å². The Bertz CT molecular complexity index is 675. The van der Waals surface area contributed by atoms with Gasteiger partial charge in [0, 0.05) is 44.1 Å². The number of rotatable bonds is 5. The summed E-state index contributed by atoms with van der Waals surface area (Å²) >= 11 is 0. The summed E-state index contributed by atoms with van der Waals surface area (Å²) in [6, 6.07) is 4.00. The lowest BCUT2D eigenvalue weighted by atomic mass is 9.92. The number of nitrogens with zero attached hydrogens (tertiary/aromatic N) is 4. The van der Waals surface area contributed by atoms with Crippen LogP contribution >= 0.6 is 0 Å². The van der Waals surface area contributed by atoms with Gasteiger partial charge in [-0.05, 0) is 12.1 Å². The molecule has 1 N–H and O–H groups in total. The molecule has 0 bridgehead atoms. The molecule has 0 spiro atoms. The Morgan fingerprint density at radius 3 is 2.44 bits per heavy atom. The van der Waals surface area contributed by atoms with Gasteiger partial charge in [-0.3, -0.25) is 0 Å². The molecule has 1 aromatic heterocycles. The molecule has 140 valence electrons. The van der Waals surface area contributed by atoms with Crippen LogP contribution < -0.4 is 9.62 Å². The Hall–Kier alpha value is -1.29. The first kappa shape index (κ1) is 18.5. The second kappa shape index (κ2) is 7.14. The fraction of sp³-hybridized carbons (Fsp3) is 0.750. The van der Waals surface area contributed by atoms with Crippen LogP contribution in [-0.2, 0) is 20.4 Å². The molecule has 3 heterocycles. The van der Waals surface area contributed by atoms with Crippen molar-refractivity contribution in [2.24, 2.45) is 5.92 Å². The van der Waals surface area contributed by atoms with Gasteiger partial charge in [0.05, 0.1) is 18.9 Å². The van der Waals surface area contributed by atoms with Crippen molar-refractivity contribution < 1.29 is 13.2 Å². The molecule has 2 fully saturated rings. The predicted octanol–water partition coefficient (Wildman–Crippen LogP) is 0.377. The first-order valence-corrected chi connectivity index (χ1v) is 10.1. The third kappa shape index (κ3) is 4.46. The largest absolute Gasteiger partial charge is 0.379 e. The number of anilines is 1. The third-order valence-corrected chi connectivity index (χ3v) is 6.14. The van der Waals surface area contributed by atoms with Crippen molar-refractivity contribution in [3.05, 3.63) is 17.8 Å². The molecule has 2 aliphatic rings. The van der Waals surface area contributed by atoms with Crippen LogP contribution in [0.3, 0.4) is 0 Å². The van der Waals surface area contributed by atoms with E-state index in [9.17, 15) is 8.42 Å². The van der Waals surface area contributed by atoms with Crippen LogP contribution in [0.15, 0.2) is 12.1 Å². The normalized spacial score (nSPS) is 20.5. The highest BCUT2D eigenvalue weighted by atomic mass is 32.2. The van der Waals surface area contributed by atoms with Crippen LogP contribution in [0.5, 0.6) is 0 Å². The highest BCUT2D eigenvalue weighted by Gasteiger charge is 2.31. The minimum Gasteiger partial charge on any atom is -0.379 e. The standard InChI is InChI=1S/C16H27N5O3S/c1-16(2,3)14-4-5-15(19-18-14)20-11-13(12-20)10-17-25(22,23)21-6-8-24-9-7-21/h4-5,13,17H,6-12H2,1-3H3. The molecule has 25 heavy (non-hydrogen) atoms. The number of aromatic nitrogens is 2. The van der Waals surface area contributed by atoms with Gasteiger partial charge in [-0.15, -0.1) is 5.10 Å². The number of ether oxygens (including phenoxy) is 1. The van der Waals surface area contributed by atoms with Crippen LogP contribution in [0.25, 0.3) is 0 Å². The zero-order chi connectivity index (χ0) is 18.1. The third-order valence-electron chi connectivity index (χ3n) is 4.56. The molecule has 0 aliphatic carbocycles. The Morgan fingerprint density at radius 2 is 1.88 bits per heavy atom. The zero-order valence-corrected chi connectivity index (χ0v) is 15.9. The van der Waals surface area contributed by atoms with Crippen molar-refractivity contribution in [1.82, 2.24) is 19.2 Å². The molecule has 0 atom stereocenters. The minimum absolute atomic E-state index is 0.0131. The predicted molar refractivity (Wildman–Crippen MR) is 95.7 cm³/mol. The lowest BCUT2D eigenvalue weighted by Gasteiger charge is -2.40. The van der Waals surface area contributed by atoms with Gasteiger partial charge in [0.1, 0.15) is 0 Å². The van der Waals surface area contributed by atoms with E-state index >= 15 is 0 Å². The topological polar surface area (TPSA) is 87.7 Å². The van der Waals surface area contributed by atoms with Crippen LogP contribution in [0.2, 0.25) is 0 Å². The van der Waals surface area contributed by atoms with Crippen molar-refractivity contribution >= 4 is 16.0 Å². The quantitative estimate of drug-likeness (QED) is 0.807. The van der Waals surface area contributed by atoms with E-state index in [0.717, 1.165) is 24.6 Å². The maximum atomic E-state index is 12.2. The molecule has 3 rings (SSSR count). The molecule has 1 aromatic rings. The van der Waals surface area contributed by atoms with E-state index < -0.39 is 10.2 Å². The number of hydrogen-bond acceptors (Lipinski definition) is 6. The maximum Gasteiger partial charge on any atom is 0.279 e. The van der Waals surface area contributed by atoms with Gasteiger partial charge < -0.3 is 9.64 Å². The first-order chi connectivity index (χ1) is 11.8. The number of nitrogens with one attached hydrogen (secondary N) is 1. The van der Waals surface area contributed by atoms with Crippen LogP contribution in [0.1, 0.15) is 26.5 Å². The second-order valence-corrected chi connectivity index (χ2v) is 9.42. The van der Waals surface area contributed by atoms with E-state index in [4.69, 9.17) is 4.74 Å². The molecule has 2 saturated heterocycles. The van der Waals surface area contributed by atoms with Crippen molar-refractivity contribution in [3.8, 4) is 0 Å². The molecular weight excluding hydrogens is 342 g/mol. The average molecular weight is 369 g/mol. The Labute approximate surface area is 149 Å². The van der Waals surface area contributed by atoms with Gasteiger partial charge in [0.2, 0.25) is 0 Å². The van der Waals surface area contributed by atoms with E-state index in [1.807, 2.05) is 12.1 Å². The maximum absolute atomic E-state index is 12.2. The van der Waals surface area contributed by atoms with Gasteiger partial charge in [0.25, 0.3) is 10.2 Å². The van der Waals surface area contributed by atoms with Gasteiger partial charge >= 0.3 is 0 Å². The molecule has 8 nitrogen and oxygen atoms in total. The van der Waals surface area contributed by atoms with Crippen molar-refractivity contribution in [2.45, 2.75) is 26.2 Å². The summed E-state index contributed by atoms with van der Waals surface area (Å²) in [5.41, 5.74) is 0.951. The summed E-state index contributed by atoms with van der Waals surface area (Å²) in [4.78, 5) is 2.12. The molecular formula is C16H27N5O3S. The van der Waals surface area contributed by atoms with Gasteiger partial charge in [0.15, 0.2) is 5.82 Å². The van der Waals surface area contributed by atoms with Gasteiger partial charge in [-0.2, -0.15) is 17.8 Å². The van der Waals surface area contributed by atoms with Crippen LogP contribution in [0, 0.1) is 5.92 Å². The Kier molecular flexibility index (Phi) is 5.29. The summed E-state index contributed by atoms with van der Waals surface area (Å²) in [7, 11) is -3.40. The summed E-state index contributed by atoms with van der Waals surface area (Å²) in [5.74, 6) is 1.14. The summed E-state index contributed by atoms with van der Waals surface area (Å²) in [5, 5.41) is 8.60. The lowest BCUT2D eigenvalue weighted by Crippen LogP contribution is -2.54. The minimum atomic E-state index is -3.40. The monoisotopic (exact) mass is 369 g/mol. The number of hydrogen-bond donors (Lipinski definition) is 1. The summed E-state index contributed by atoms with van der Waals surface area (Å²) in [6.45, 7) is 10.1. The van der Waals surface area contributed by atoms with Crippen LogP contribution in [0.4, 0.5) is 5.82 Å². The number of morpholine rings is 1. The van der Waals surface area contributed by atoms with E-state index in [0.29, 0.717) is 38.8 Å². The lowest BCUT2D eigenvalue weighted by molar-refractivity contribution is 0.0724. The zero-order valence-electron chi connectivity index (χ0n) is 15.1. The SMILES string of the molecule is CC(C)(C)c1ccc(N2CC(CNS(=O)(=O)N3CCOCC3)C2)nn1. The van der Waals surface area contributed by atoms with E-state index in [1.54, 1.807) is 0 Å². The molecule has 0 saturated carbocycles. The smallest absolute Gasteiger partial charge is 0.279 e. The molecule has 2 aliphatic heterocycles. The molecule has 9 heteroatoms. The summed E-state index contributed by atoms with van der Waals surface area (Å²) < 4.78 is 33.8. The molecule has 0 aromatic carbocycles. The summed E-state index contributed by atoms with van der Waals surface area (Å²) in [6.07, 6.45) is 0. The van der Waals surface area contributed by atoms with Gasteiger partial charge in [-0.25, -0.2) is 4.72 Å². The van der Waals surface area contributed by atoms with E-state index in [2.05, 4.69) is 40.6 Å². The Morgan fingerprint density at radius 1 is 1.20 bits per heavy atom. The molecule has 0 unspecified atom stereocenters. The first-order valence-electron chi connectivity index (χ1n) is 8.67. The average Bonchev–Trinajstić information content (AvgIpc) is 2.54. The molecule has 0 radical (unpaired) electrons. The highest BCUT2D eigenvalue weighted by Crippen LogP contribution is 2.24. The Balaban J connectivity index is 1.46. The second-order valence-electron chi connectivity index (χ2n) is 7.66. The van der Waals surface area contributed by atoms with Crippen molar-refractivity contribution in [3.63, 3.8) is 0 Å².